The number of nitrogens with zero attached hydrogens (tertiary/aromatic N) is 1. The first-order valence-electron chi connectivity index (χ1n) is 5.07. The summed E-state index contributed by atoms with van der Waals surface area (Å²) in [5.74, 6) is -6.10. The molecule has 0 aliphatic rings. The molecule has 0 spiro atoms. The van der Waals surface area contributed by atoms with Crippen molar-refractivity contribution in [2.75, 3.05) is 6.54 Å². The van der Waals surface area contributed by atoms with E-state index in [0.717, 1.165) is 0 Å². The zero-order valence-electron chi connectivity index (χ0n) is 9.67. The molecule has 8 nitrogen and oxygen atoms in total. The van der Waals surface area contributed by atoms with Crippen LogP contribution in [0.5, 0.6) is 0 Å². The minimum absolute atomic E-state index is 0.531. The van der Waals surface area contributed by atoms with Gasteiger partial charge >= 0.3 is 11.7 Å². The number of aliphatic hydroxyl groups is 1. The minimum atomic E-state index is -1.97. The summed E-state index contributed by atoms with van der Waals surface area (Å²) in [5, 5.41) is 29.5. The molecule has 0 bridgehead atoms. The molecule has 3 N–H and O–H groups in total. The van der Waals surface area contributed by atoms with E-state index in [1.807, 2.05) is 0 Å². The van der Waals surface area contributed by atoms with E-state index < -0.39 is 52.3 Å². The number of nitro groups is 1. The fraction of sp³-hybridized carbons (Fsp3) is 0.200. The number of carbonyl (C=O) groups is 2. The van der Waals surface area contributed by atoms with Crippen LogP contribution in [0.3, 0.4) is 0 Å². The van der Waals surface area contributed by atoms with Gasteiger partial charge in [0, 0.05) is 6.07 Å². The molecule has 108 valence electrons. The highest BCUT2D eigenvalue weighted by Gasteiger charge is 2.26. The van der Waals surface area contributed by atoms with Crippen LogP contribution in [0.15, 0.2) is 12.1 Å². The average Bonchev–Trinajstić information content (AvgIpc) is 2.35. The van der Waals surface area contributed by atoms with Crippen LogP contribution in [0, 0.1) is 21.7 Å². The van der Waals surface area contributed by atoms with E-state index in [0.29, 0.717) is 12.1 Å². The van der Waals surface area contributed by atoms with E-state index in [1.54, 1.807) is 5.32 Å². The van der Waals surface area contributed by atoms with Crippen molar-refractivity contribution in [1.29, 1.82) is 0 Å². The van der Waals surface area contributed by atoms with Crippen LogP contribution in [-0.2, 0) is 4.79 Å². The number of halogens is 2. The zero-order valence-corrected chi connectivity index (χ0v) is 9.67. The lowest BCUT2D eigenvalue weighted by Crippen LogP contribution is -2.37. The molecule has 0 aliphatic carbocycles. The molecule has 1 atom stereocenters. The SMILES string of the molecule is O=C(NCC(O)C(=O)O)c1c(F)ccc([N+](=O)[O-])c1F. The molecule has 0 fully saturated rings. The van der Waals surface area contributed by atoms with Gasteiger partial charge in [-0.15, -0.1) is 0 Å². The van der Waals surface area contributed by atoms with Crippen LogP contribution in [0.25, 0.3) is 0 Å². The maximum atomic E-state index is 13.6. The number of benzene rings is 1. The van der Waals surface area contributed by atoms with Gasteiger partial charge in [0.1, 0.15) is 11.4 Å². The first kappa shape index (κ1) is 15.4. The van der Waals surface area contributed by atoms with E-state index >= 15 is 0 Å². The Hall–Kier alpha value is -2.62. The Balaban J connectivity index is 3.01. The van der Waals surface area contributed by atoms with Gasteiger partial charge in [0.15, 0.2) is 6.10 Å². The zero-order chi connectivity index (χ0) is 15.4. The Labute approximate surface area is 109 Å². The second-order valence-electron chi connectivity index (χ2n) is 3.58. The standard InChI is InChI=1S/C10H8F2N2O6/c11-4-1-2-5(14(19)20)8(12)7(4)9(16)13-3-6(15)10(17)18/h1-2,6,15H,3H2,(H,13,16)(H,17,18). The van der Waals surface area contributed by atoms with Gasteiger partial charge in [-0.3, -0.25) is 14.9 Å². The summed E-state index contributed by atoms with van der Waals surface area (Å²) in [7, 11) is 0. The second kappa shape index (κ2) is 6.02. The minimum Gasteiger partial charge on any atom is -0.479 e. The molecule has 1 amide bonds. The number of nitro benzene ring substituents is 1. The summed E-state index contributed by atoms with van der Waals surface area (Å²) in [4.78, 5) is 31.1. The molecular weight excluding hydrogens is 282 g/mol. The number of carbonyl (C=O) groups excluding carboxylic acids is 1. The molecule has 1 rings (SSSR count). The summed E-state index contributed by atoms with van der Waals surface area (Å²) in [6, 6.07) is 1.08. The molecule has 0 aromatic heterocycles. The first-order chi connectivity index (χ1) is 9.25. The molecule has 0 saturated carbocycles. The van der Waals surface area contributed by atoms with Gasteiger partial charge in [-0.1, -0.05) is 0 Å². The summed E-state index contributed by atoms with van der Waals surface area (Å²) >= 11 is 0. The maximum Gasteiger partial charge on any atom is 0.334 e. The molecule has 20 heavy (non-hydrogen) atoms. The van der Waals surface area contributed by atoms with Crippen molar-refractivity contribution >= 4 is 17.6 Å². The van der Waals surface area contributed by atoms with Crippen LogP contribution in [0.2, 0.25) is 0 Å². The van der Waals surface area contributed by atoms with E-state index in [4.69, 9.17) is 10.2 Å². The number of rotatable bonds is 5. The van der Waals surface area contributed by atoms with Gasteiger partial charge in [-0.2, -0.15) is 4.39 Å². The highest BCUT2D eigenvalue weighted by Crippen LogP contribution is 2.22. The van der Waals surface area contributed by atoms with Gasteiger partial charge in [0.25, 0.3) is 5.91 Å². The van der Waals surface area contributed by atoms with Crippen LogP contribution >= 0.6 is 0 Å². The predicted octanol–water partition coefficient (Wildman–Crippen LogP) is 0.0483. The van der Waals surface area contributed by atoms with E-state index in [-0.39, 0.29) is 0 Å². The van der Waals surface area contributed by atoms with Gasteiger partial charge in [-0.25, -0.2) is 9.18 Å². The lowest BCUT2D eigenvalue weighted by Gasteiger charge is -2.09. The van der Waals surface area contributed by atoms with Crippen molar-refractivity contribution in [1.82, 2.24) is 5.32 Å². The van der Waals surface area contributed by atoms with Crippen LogP contribution in [0.1, 0.15) is 10.4 Å². The predicted molar refractivity (Wildman–Crippen MR) is 59.0 cm³/mol. The Kier molecular flexibility index (Phi) is 4.64. The van der Waals surface area contributed by atoms with E-state index in [2.05, 4.69) is 0 Å². The van der Waals surface area contributed by atoms with Crippen LogP contribution < -0.4 is 5.32 Å². The van der Waals surface area contributed by atoms with Gasteiger partial charge in [0.05, 0.1) is 11.5 Å². The summed E-state index contributed by atoms with van der Waals surface area (Å²) in [6.07, 6.45) is -1.97. The third-order valence-electron chi connectivity index (χ3n) is 2.24. The molecule has 1 aromatic carbocycles. The topological polar surface area (TPSA) is 130 Å². The highest BCUT2D eigenvalue weighted by molar-refractivity contribution is 5.95. The molecule has 0 aliphatic heterocycles. The third kappa shape index (κ3) is 3.23. The normalized spacial score (nSPS) is 11.8. The summed E-state index contributed by atoms with van der Waals surface area (Å²) in [6.45, 7) is -0.810. The van der Waals surface area contributed by atoms with Crippen LogP contribution in [0.4, 0.5) is 14.5 Å². The number of hydrogen-bond acceptors (Lipinski definition) is 5. The lowest BCUT2D eigenvalue weighted by atomic mass is 10.1. The van der Waals surface area contributed by atoms with Crippen molar-refractivity contribution in [3.63, 3.8) is 0 Å². The number of nitrogens with one attached hydrogen (secondary N) is 1. The molecule has 1 aromatic rings. The van der Waals surface area contributed by atoms with Crippen molar-refractivity contribution in [3.8, 4) is 0 Å². The molecule has 0 radical (unpaired) electrons. The number of aliphatic carboxylic acids is 1. The van der Waals surface area contributed by atoms with Gasteiger partial charge in [0.2, 0.25) is 5.82 Å². The van der Waals surface area contributed by atoms with Crippen molar-refractivity contribution in [3.05, 3.63) is 39.4 Å². The molecule has 0 saturated heterocycles. The van der Waals surface area contributed by atoms with Crippen molar-refractivity contribution < 1.29 is 33.5 Å². The smallest absolute Gasteiger partial charge is 0.334 e. The molecular formula is C10H8F2N2O6. The average molecular weight is 290 g/mol. The summed E-state index contributed by atoms with van der Waals surface area (Å²) in [5.41, 5.74) is -2.33. The Morgan fingerprint density at radius 2 is 2.00 bits per heavy atom. The number of carboxylic acids is 1. The maximum absolute atomic E-state index is 13.6. The molecule has 10 heteroatoms. The fourth-order valence-electron chi connectivity index (χ4n) is 1.26. The van der Waals surface area contributed by atoms with E-state index in [1.165, 1.54) is 0 Å². The molecule has 0 heterocycles. The van der Waals surface area contributed by atoms with Gasteiger partial charge < -0.3 is 15.5 Å². The number of hydrogen-bond donors (Lipinski definition) is 3. The largest absolute Gasteiger partial charge is 0.479 e. The third-order valence-corrected chi connectivity index (χ3v) is 2.24. The first-order valence-corrected chi connectivity index (χ1v) is 5.07. The van der Waals surface area contributed by atoms with Crippen molar-refractivity contribution in [2.45, 2.75) is 6.10 Å². The van der Waals surface area contributed by atoms with E-state index in [9.17, 15) is 28.5 Å². The second-order valence-corrected chi connectivity index (χ2v) is 3.58. The molecule has 1 unspecified atom stereocenters. The van der Waals surface area contributed by atoms with Crippen molar-refractivity contribution in [2.24, 2.45) is 0 Å². The lowest BCUT2D eigenvalue weighted by molar-refractivity contribution is -0.387. The monoisotopic (exact) mass is 290 g/mol. The summed E-state index contributed by atoms with van der Waals surface area (Å²) < 4.78 is 26.9. The highest BCUT2D eigenvalue weighted by atomic mass is 19.1. The number of aliphatic hydroxyl groups excluding tert-OH is 1. The Morgan fingerprint density at radius 3 is 2.50 bits per heavy atom. The van der Waals surface area contributed by atoms with Gasteiger partial charge in [-0.05, 0) is 6.07 Å². The number of amides is 1. The fourth-order valence-corrected chi connectivity index (χ4v) is 1.26. The quantitative estimate of drug-likeness (QED) is 0.519. The Bertz CT molecular complexity index is 577. The van der Waals surface area contributed by atoms with Crippen LogP contribution in [-0.4, -0.2) is 39.7 Å². The Morgan fingerprint density at radius 1 is 1.40 bits per heavy atom. The number of carboxylic acid groups (broad SMARTS) is 1.